The molecule has 37 heavy (non-hydrogen) atoms. The fourth-order valence-corrected chi connectivity index (χ4v) is 4.97. The summed E-state index contributed by atoms with van der Waals surface area (Å²) in [6.45, 7) is 0. The lowest BCUT2D eigenvalue weighted by atomic mass is 9.91. The molecule has 3 aromatic carbocycles. The Morgan fingerprint density at radius 3 is 2.46 bits per heavy atom. The Morgan fingerprint density at radius 1 is 1.03 bits per heavy atom. The zero-order valence-electron chi connectivity index (χ0n) is 19.4. The summed E-state index contributed by atoms with van der Waals surface area (Å²) < 4.78 is 14.5. The molecule has 2 N–H and O–H groups in total. The zero-order chi connectivity index (χ0) is 26.1. The van der Waals surface area contributed by atoms with Crippen molar-refractivity contribution in [3.8, 4) is 11.1 Å². The van der Waals surface area contributed by atoms with E-state index in [0.717, 1.165) is 15.4 Å². The number of carbonyl (C=O) groups is 2. The number of carbonyl (C=O) groups excluding carboxylic acids is 1. The standard InChI is InChI=1S/C28H21BrFN3O4/c29-18-8-11-21-20(14-18)26(17-4-2-1-3-5-17)27(28(37)31-21)22-15-23(16-6-9-19(30)10-7-16)33(32-22)24(34)12-13-25(35)36/h1-11,14,23H,12-13,15H2,(H,31,37)(H,35,36)/t23-/m0/s1. The van der Waals surface area contributed by atoms with Crippen LogP contribution in [0.15, 0.2) is 87.2 Å². The fourth-order valence-electron chi connectivity index (χ4n) is 4.61. The number of benzene rings is 3. The molecule has 4 aromatic rings. The highest BCUT2D eigenvalue weighted by Gasteiger charge is 2.35. The van der Waals surface area contributed by atoms with Crippen LogP contribution < -0.4 is 5.56 Å². The Balaban J connectivity index is 1.69. The van der Waals surface area contributed by atoms with E-state index in [4.69, 9.17) is 5.11 Å². The lowest BCUT2D eigenvalue weighted by molar-refractivity contribution is -0.141. The molecule has 1 aliphatic heterocycles. The van der Waals surface area contributed by atoms with Crippen molar-refractivity contribution in [1.82, 2.24) is 9.99 Å². The van der Waals surface area contributed by atoms with E-state index in [1.54, 1.807) is 12.1 Å². The number of nitrogens with one attached hydrogen (secondary N) is 1. The predicted molar refractivity (Wildman–Crippen MR) is 142 cm³/mol. The molecule has 0 saturated heterocycles. The van der Waals surface area contributed by atoms with Crippen LogP contribution in [-0.4, -0.2) is 32.7 Å². The first kappa shape index (κ1) is 24.6. The number of fused-ring (bicyclic) bond motifs is 1. The van der Waals surface area contributed by atoms with Crippen LogP contribution in [0.4, 0.5) is 4.39 Å². The van der Waals surface area contributed by atoms with E-state index in [9.17, 15) is 18.8 Å². The number of hydrogen-bond donors (Lipinski definition) is 2. The zero-order valence-corrected chi connectivity index (χ0v) is 21.0. The van der Waals surface area contributed by atoms with Gasteiger partial charge in [-0.15, -0.1) is 0 Å². The normalized spacial score (nSPS) is 15.1. The van der Waals surface area contributed by atoms with Crippen molar-refractivity contribution in [2.24, 2.45) is 5.10 Å². The van der Waals surface area contributed by atoms with Gasteiger partial charge in [0.1, 0.15) is 5.82 Å². The summed E-state index contributed by atoms with van der Waals surface area (Å²) in [5.74, 6) is -2.01. The van der Waals surface area contributed by atoms with Crippen LogP contribution in [0, 0.1) is 5.82 Å². The Morgan fingerprint density at radius 2 is 1.76 bits per heavy atom. The van der Waals surface area contributed by atoms with Gasteiger partial charge in [-0.25, -0.2) is 9.40 Å². The van der Waals surface area contributed by atoms with Crippen molar-refractivity contribution in [2.75, 3.05) is 0 Å². The number of nitrogens with zero attached hydrogens (tertiary/aromatic N) is 2. The number of hydrazone groups is 1. The van der Waals surface area contributed by atoms with Crippen molar-refractivity contribution < 1.29 is 19.1 Å². The maximum absolute atomic E-state index is 13.6. The SMILES string of the molecule is O=C(O)CCC(=O)N1N=C(c2c(-c3ccccc3)c3cc(Br)ccc3[nH]c2=O)C[C@H]1c1ccc(F)cc1. The molecule has 0 bridgehead atoms. The minimum Gasteiger partial charge on any atom is -0.481 e. The highest BCUT2D eigenvalue weighted by Crippen LogP contribution is 2.37. The summed E-state index contributed by atoms with van der Waals surface area (Å²) in [6.07, 6.45) is -0.403. The van der Waals surface area contributed by atoms with Gasteiger partial charge in [-0.1, -0.05) is 58.4 Å². The molecule has 5 rings (SSSR count). The molecule has 1 amide bonds. The van der Waals surface area contributed by atoms with Crippen molar-refractivity contribution in [3.05, 3.63) is 105 Å². The van der Waals surface area contributed by atoms with E-state index in [1.807, 2.05) is 48.5 Å². The number of pyridine rings is 1. The molecule has 0 aliphatic carbocycles. The fraction of sp³-hybridized carbons (Fsp3) is 0.143. The maximum Gasteiger partial charge on any atom is 0.303 e. The van der Waals surface area contributed by atoms with Gasteiger partial charge in [-0.3, -0.25) is 14.4 Å². The van der Waals surface area contributed by atoms with Gasteiger partial charge < -0.3 is 10.1 Å². The van der Waals surface area contributed by atoms with Gasteiger partial charge in [0, 0.05) is 33.8 Å². The molecule has 186 valence electrons. The first-order valence-corrected chi connectivity index (χ1v) is 12.4. The molecule has 0 saturated carbocycles. The van der Waals surface area contributed by atoms with Gasteiger partial charge in [0.15, 0.2) is 0 Å². The molecule has 1 atom stereocenters. The quantitative estimate of drug-likeness (QED) is 0.318. The van der Waals surface area contributed by atoms with E-state index >= 15 is 0 Å². The van der Waals surface area contributed by atoms with Gasteiger partial charge in [0.2, 0.25) is 5.91 Å². The van der Waals surface area contributed by atoms with Gasteiger partial charge >= 0.3 is 5.97 Å². The van der Waals surface area contributed by atoms with Gasteiger partial charge in [-0.2, -0.15) is 5.10 Å². The Kier molecular flexibility index (Phi) is 6.71. The molecule has 2 heterocycles. The Hall–Kier alpha value is -4.11. The average molecular weight is 562 g/mol. The minimum absolute atomic E-state index is 0.201. The van der Waals surface area contributed by atoms with E-state index in [0.29, 0.717) is 27.9 Å². The molecule has 0 unspecified atom stereocenters. The van der Waals surface area contributed by atoms with E-state index in [1.165, 1.54) is 17.1 Å². The largest absolute Gasteiger partial charge is 0.481 e. The number of hydrogen-bond acceptors (Lipinski definition) is 4. The summed E-state index contributed by atoms with van der Waals surface area (Å²) in [7, 11) is 0. The first-order chi connectivity index (χ1) is 17.8. The van der Waals surface area contributed by atoms with Crippen molar-refractivity contribution in [1.29, 1.82) is 0 Å². The summed E-state index contributed by atoms with van der Waals surface area (Å²) in [4.78, 5) is 40.6. The summed E-state index contributed by atoms with van der Waals surface area (Å²) in [5.41, 5.74) is 3.13. The predicted octanol–water partition coefficient (Wildman–Crippen LogP) is 5.64. The third-order valence-corrected chi connectivity index (χ3v) is 6.79. The lowest BCUT2D eigenvalue weighted by Gasteiger charge is -2.21. The lowest BCUT2D eigenvalue weighted by Crippen LogP contribution is -2.27. The number of H-pyrrole nitrogens is 1. The van der Waals surface area contributed by atoms with E-state index in [-0.39, 0.29) is 24.8 Å². The van der Waals surface area contributed by atoms with Crippen LogP contribution in [0.3, 0.4) is 0 Å². The van der Waals surface area contributed by atoms with Crippen molar-refractivity contribution in [2.45, 2.75) is 25.3 Å². The number of amides is 1. The molecule has 0 radical (unpaired) electrons. The highest BCUT2D eigenvalue weighted by atomic mass is 79.9. The van der Waals surface area contributed by atoms with Crippen molar-refractivity contribution >= 4 is 44.4 Å². The summed E-state index contributed by atoms with van der Waals surface area (Å²) in [6, 6.07) is 20.1. The third-order valence-electron chi connectivity index (χ3n) is 6.30. The van der Waals surface area contributed by atoms with E-state index < -0.39 is 23.7 Å². The first-order valence-electron chi connectivity index (χ1n) is 11.6. The molecule has 7 nitrogen and oxygen atoms in total. The molecule has 1 aromatic heterocycles. The molecular formula is C28H21BrFN3O4. The summed E-state index contributed by atoms with van der Waals surface area (Å²) in [5, 5.41) is 15.7. The van der Waals surface area contributed by atoms with Crippen LogP contribution in [0.5, 0.6) is 0 Å². The Bertz CT molecular complexity index is 1600. The molecule has 0 fully saturated rings. The van der Waals surface area contributed by atoms with Gasteiger partial charge in [-0.05, 0) is 41.5 Å². The number of aliphatic carboxylic acids is 1. The van der Waals surface area contributed by atoms with Gasteiger partial charge in [0.25, 0.3) is 5.56 Å². The molecule has 1 aliphatic rings. The Labute approximate surface area is 219 Å². The number of aromatic nitrogens is 1. The summed E-state index contributed by atoms with van der Waals surface area (Å²) >= 11 is 3.52. The molecule has 0 spiro atoms. The highest BCUT2D eigenvalue weighted by molar-refractivity contribution is 9.10. The second kappa shape index (κ2) is 10.1. The third kappa shape index (κ3) is 4.95. The molecular weight excluding hydrogens is 541 g/mol. The number of halogens is 2. The topological polar surface area (TPSA) is 103 Å². The number of rotatable bonds is 6. The number of carboxylic acids is 1. The smallest absolute Gasteiger partial charge is 0.303 e. The number of carboxylic acid groups (broad SMARTS) is 1. The monoisotopic (exact) mass is 561 g/mol. The van der Waals surface area contributed by atoms with Crippen LogP contribution in [-0.2, 0) is 9.59 Å². The second-order valence-electron chi connectivity index (χ2n) is 8.71. The van der Waals surface area contributed by atoms with Crippen LogP contribution >= 0.6 is 15.9 Å². The number of aromatic amines is 1. The van der Waals surface area contributed by atoms with E-state index in [2.05, 4.69) is 26.0 Å². The van der Waals surface area contributed by atoms with Crippen LogP contribution in [0.1, 0.15) is 36.4 Å². The minimum atomic E-state index is -1.10. The van der Waals surface area contributed by atoms with Crippen LogP contribution in [0.2, 0.25) is 0 Å². The molecule has 9 heteroatoms. The van der Waals surface area contributed by atoms with Gasteiger partial charge in [0.05, 0.1) is 23.7 Å². The van der Waals surface area contributed by atoms with Crippen molar-refractivity contribution in [3.63, 3.8) is 0 Å². The maximum atomic E-state index is 13.6. The second-order valence-corrected chi connectivity index (χ2v) is 9.63. The average Bonchev–Trinajstić information content (AvgIpc) is 3.32. The van der Waals surface area contributed by atoms with Crippen LogP contribution in [0.25, 0.3) is 22.0 Å².